The van der Waals surface area contributed by atoms with Crippen LogP contribution in [0.1, 0.15) is 38.2 Å². The van der Waals surface area contributed by atoms with Crippen LogP contribution < -0.4 is 10.1 Å². The number of hydrogen-bond acceptors (Lipinski definition) is 3. The van der Waals surface area contributed by atoms with E-state index in [0.717, 1.165) is 29.6 Å². The summed E-state index contributed by atoms with van der Waals surface area (Å²) < 4.78 is 13.0. The van der Waals surface area contributed by atoms with Gasteiger partial charge in [-0.15, -0.1) is 0 Å². The molecule has 1 N–H and O–H groups in total. The summed E-state index contributed by atoms with van der Waals surface area (Å²) >= 11 is 3.52. The molecule has 1 fully saturated rings. The normalized spacial score (nSPS) is 22.4. The van der Waals surface area contributed by atoms with E-state index in [4.69, 9.17) is 9.47 Å². The Morgan fingerprint density at radius 1 is 1.35 bits per heavy atom. The molecule has 2 rings (SSSR count). The maximum Gasteiger partial charge on any atom is 0.122 e. The Morgan fingerprint density at radius 3 is 2.80 bits per heavy atom. The highest BCUT2D eigenvalue weighted by atomic mass is 79.9. The first-order valence-electron chi connectivity index (χ1n) is 7.32. The van der Waals surface area contributed by atoms with E-state index in [1.807, 2.05) is 19.2 Å². The average Bonchev–Trinajstić information content (AvgIpc) is 2.85. The van der Waals surface area contributed by atoms with Gasteiger partial charge in [-0.3, -0.25) is 0 Å². The van der Waals surface area contributed by atoms with Gasteiger partial charge >= 0.3 is 0 Å². The number of benzene rings is 1. The van der Waals surface area contributed by atoms with Gasteiger partial charge in [0.05, 0.1) is 12.2 Å². The van der Waals surface area contributed by atoms with Crippen LogP contribution in [-0.2, 0) is 4.74 Å². The summed E-state index contributed by atoms with van der Waals surface area (Å²) in [7, 11) is 1.96. The highest BCUT2D eigenvalue weighted by Crippen LogP contribution is 2.30. The Hall–Kier alpha value is -0.580. The molecule has 20 heavy (non-hydrogen) atoms. The second-order valence-corrected chi connectivity index (χ2v) is 6.58. The Bertz CT molecular complexity index is 436. The van der Waals surface area contributed by atoms with Crippen LogP contribution in [0.5, 0.6) is 5.75 Å². The number of halogens is 1. The second kappa shape index (κ2) is 7.43. The van der Waals surface area contributed by atoms with Crippen LogP contribution in [0.25, 0.3) is 0 Å². The zero-order chi connectivity index (χ0) is 14.5. The molecule has 2 atom stereocenters. The van der Waals surface area contributed by atoms with Crippen molar-refractivity contribution in [3.63, 3.8) is 0 Å². The minimum atomic E-state index is 0.219. The van der Waals surface area contributed by atoms with Crippen molar-refractivity contribution in [2.75, 3.05) is 20.2 Å². The van der Waals surface area contributed by atoms with Crippen LogP contribution >= 0.6 is 15.9 Å². The fraction of sp³-hybridized carbons (Fsp3) is 0.625. The van der Waals surface area contributed by atoms with Crippen molar-refractivity contribution in [2.45, 2.75) is 44.8 Å². The van der Waals surface area contributed by atoms with Gasteiger partial charge in [-0.1, -0.05) is 29.8 Å². The van der Waals surface area contributed by atoms with E-state index in [9.17, 15) is 0 Å². The molecule has 0 spiro atoms. The van der Waals surface area contributed by atoms with Crippen molar-refractivity contribution >= 4 is 15.9 Å². The fourth-order valence-electron chi connectivity index (χ4n) is 2.57. The predicted octanol–water partition coefficient (Wildman–Crippen LogP) is 3.72. The standard InChI is InChI=1S/C16H24BrNO2/c1-11(2)15-8-12(17)4-7-16(15)19-10-14-6-5-13(20-14)9-18-3/h4,7-8,11,13-14,18H,5-6,9-10H2,1-3H3. The lowest BCUT2D eigenvalue weighted by Gasteiger charge is -2.18. The first-order valence-corrected chi connectivity index (χ1v) is 8.11. The van der Waals surface area contributed by atoms with Crippen molar-refractivity contribution in [3.8, 4) is 5.75 Å². The summed E-state index contributed by atoms with van der Waals surface area (Å²) in [5, 5.41) is 3.16. The average molecular weight is 342 g/mol. The van der Waals surface area contributed by atoms with Crippen LogP contribution in [0, 0.1) is 0 Å². The van der Waals surface area contributed by atoms with Crippen LogP contribution in [0.15, 0.2) is 22.7 Å². The molecule has 1 aliphatic heterocycles. The van der Waals surface area contributed by atoms with Gasteiger partial charge < -0.3 is 14.8 Å². The summed E-state index contributed by atoms with van der Waals surface area (Å²) in [5.41, 5.74) is 1.24. The molecular weight excluding hydrogens is 318 g/mol. The van der Waals surface area contributed by atoms with Gasteiger partial charge in [-0.25, -0.2) is 0 Å². The van der Waals surface area contributed by atoms with Gasteiger partial charge in [-0.2, -0.15) is 0 Å². The van der Waals surface area contributed by atoms with Crippen LogP contribution in [0.2, 0.25) is 0 Å². The molecule has 0 amide bonds. The molecular formula is C16H24BrNO2. The van der Waals surface area contributed by atoms with E-state index < -0.39 is 0 Å². The van der Waals surface area contributed by atoms with E-state index in [2.05, 4.69) is 41.2 Å². The van der Waals surface area contributed by atoms with Crippen molar-refractivity contribution in [1.82, 2.24) is 5.32 Å². The highest BCUT2D eigenvalue weighted by molar-refractivity contribution is 9.10. The summed E-state index contributed by atoms with van der Waals surface area (Å²) in [6, 6.07) is 6.21. The summed E-state index contributed by atoms with van der Waals surface area (Å²) in [5.74, 6) is 1.42. The van der Waals surface area contributed by atoms with E-state index in [0.29, 0.717) is 18.6 Å². The molecule has 112 valence electrons. The topological polar surface area (TPSA) is 30.5 Å². The Morgan fingerprint density at radius 2 is 2.10 bits per heavy atom. The number of likely N-dealkylation sites (N-methyl/N-ethyl adjacent to an activating group) is 1. The number of ether oxygens (including phenoxy) is 2. The quantitative estimate of drug-likeness (QED) is 0.855. The van der Waals surface area contributed by atoms with E-state index in [1.165, 1.54) is 5.56 Å². The molecule has 0 radical (unpaired) electrons. The molecule has 0 saturated carbocycles. The third kappa shape index (κ3) is 4.21. The maximum absolute atomic E-state index is 6.00. The van der Waals surface area contributed by atoms with Crippen LogP contribution in [0.4, 0.5) is 0 Å². The molecule has 0 bridgehead atoms. The van der Waals surface area contributed by atoms with Crippen molar-refractivity contribution < 1.29 is 9.47 Å². The first kappa shape index (κ1) is 15.8. The SMILES string of the molecule is CNCC1CCC(COc2ccc(Br)cc2C(C)C)O1. The lowest BCUT2D eigenvalue weighted by atomic mass is 10.0. The minimum absolute atomic E-state index is 0.219. The van der Waals surface area contributed by atoms with E-state index in [-0.39, 0.29) is 6.10 Å². The third-order valence-electron chi connectivity index (χ3n) is 3.65. The Labute approximate surface area is 130 Å². The van der Waals surface area contributed by atoms with Gasteiger partial charge in [-0.05, 0) is 49.6 Å². The zero-order valence-electron chi connectivity index (χ0n) is 12.5. The molecule has 2 unspecified atom stereocenters. The molecule has 0 aliphatic carbocycles. The highest BCUT2D eigenvalue weighted by Gasteiger charge is 2.25. The molecule has 4 heteroatoms. The van der Waals surface area contributed by atoms with Crippen LogP contribution in [-0.4, -0.2) is 32.4 Å². The summed E-state index contributed by atoms with van der Waals surface area (Å²) in [6.07, 6.45) is 2.76. The zero-order valence-corrected chi connectivity index (χ0v) is 14.1. The molecule has 3 nitrogen and oxygen atoms in total. The molecule has 1 heterocycles. The van der Waals surface area contributed by atoms with Gasteiger partial charge in [0.2, 0.25) is 0 Å². The van der Waals surface area contributed by atoms with Crippen molar-refractivity contribution in [3.05, 3.63) is 28.2 Å². The van der Waals surface area contributed by atoms with E-state index in [1.54, 1.807) is 0 Å². The molecule has 1 aliphatic rings. The van der Waals surface area contributed by atoms with Crippen molar-refractivity contribution in [1.29, 1.82) is 0 Å². The van der Waals surface area contributed by atoms with Gasteiger partial charge in [0.25, 0.3) is 0 Å². The van der Waals surface area contributed by atoms with Gasteiger partial charge in [0.15, 0.2) is 0 Å². The second-order valence-electron chi connectivity index (χ2n) is 5.66. The van der Waals surface area contributed by atoms with Gasteiger partial charge in [0.1, 0.15) is 12.4 Å². The lowest BCUT2D eigenvalue weighted by molar-refractivity contribution is 0.0191. The smallest absolute Gasteiger partial charge is 0.122 e. The number of hydrogen-bond donors (Lipinski definition) is 1. The summed E-state index contributed by atoms with van der Waals surface area (Å²) in [4.78, 5) is 0. The maximum atomic E-state index is 6.00. The third-order valence-corrected chi connectivity index (χ3v) is 4.14. The predicted molar refractivity (Wildman–Crippen MR) is 85.5 cm³/mol. The Balaban J connectivity index is 1.91. The first-order chi connectivity index (χ1) is 9.60. The Kier molecular flexibility index (Phi) is 5.87. The number of nitrogens with one attached hydrogen (secondary N) is 1. The molecule has 1 saturated heterocycles. The molecule has 0 aromatic heterocycles. The van der Waals surface area contributed by atoms with Gasteiger partial charge in [0, 0.05) is 11.0 Å². The van der Waals surface area contributed by atoms with Crippen molar-refractivity contribution in [2.24, 2.45) is 0 Å². The van der Waals surface area contributed by atoms with E-state index >= 15 is 0 Å². The molecule has 1 aromatic rings. The monoisotopic (exact) mass is 341 g/mol. The van der Waals surface area contributed by atoms with Crippen LogP contribution in [0.3, 0.4) is 0 Å². The minimum Gasteiger partial charge on any atom is -0.491 e. The number of rotatable bonds is 6. The molecule has 1 aromatic carbocycles. The largest absolute Gasteiger partial charge is 0.491 e. The lowest BCUT2D eigenvalue weighted by Crippen LogP contribution is -2.26. The summed E-state index contributed by atoms with van der Waals surface area (Å²) in [6.45, 7) is 5.93. The fourth-order valence-corrected chi connectivity index (χ4v) is 2.94.